The molecular formula is C17H19ClN2OS. The zero-order chi connectivity index (χ0) is 15.9. The summed E-state index contributed by atoms with van der Waals surface area (Å²) in [6, 6.07) is 15.7. The number of hydrogen-bond donors (Lipinski definition) is 1. The van der Waals surface area contributed by atoms with Crippen LogP contribution in [0.25, 0.3) is 0 Å². The number of anilines is 1. The lowest BCUT2D eigenvalue weighted by Gasteiger charge is -2.12. The van der Waals surface area contributed by atoms with Crippen molar-refractivity contribution < 1.29 is 4.79 Å². The van der Waals surface area contributed by atoms with E-state index in [0.29, 0.717) is 0 Å². The van der Waals surface area contributed by atoms with Crippen molar-refractivity contribution in [2.24, 2.45) is 0 Å². The minimum absolute atomic E-state index is 0.124. The fourth-order valence-corrected chi connectivity index (χ4v) is 2.96. The lowest BCUT2D eigenvalue weighted by Crippen LogP contribution is -2.27. The molecule has 2 amide bonds. The van der Waals surface area contributed by atoms with Crippen LogP contribution in [0.4, 0.5) is 10.5 Å². The van der Waals surface area contributed by atoms with Gasteiger partial charge in [-0.05, 0) is 48.4 Å². The Morgan fingerprint density at radius 3 is 2.55 bits per heavy atom. The molecule has 0 radical (unpaired) electrons. The Morgan fingerprint density at radius 1 is 1.18 bits per heavy atom. The normalized spacial score (nSPS) is 10.3. The quantitative estimate of drug-likeness (QED) is 0.799. The number of rotatable bonds is 5. The van der Waals surface area contributed by atoms with E-state index < -0.39 is 0 Å². The number of hydrogen-bond acceptors (Lipinski definition) is 2. The molecule has 0 spiro atoms. The maximum atomic E-state index is 11.6. The van der Waals surface area contributed by atoms with Crippen molar-refractivity contribution in [3.05, 3.63) is 59.1 Å². The van der Waals surface area contributed by atoms with Gasteiger partial charge in [-0.3, -0.25) is 0 Å². The summed E-state index contributed by atoms with van der Waals surface area (Å²) in [5.74, 6) is 0.990. The molecule has 0 saturated carbocycles. The topological polar surface area (TPSA) is 32.3 Å². The van der Waals surface area contributed by atoms with E-state index in [9.17, 15) is 4.79 Å². The van der Waals surface area contributed by atoms with E-state index in [1.807, 2.05) is 42.5 Å². The molecule has 0 aromatic heterocycles. The van der Waals surface area contributed by atoms with Gasteiger partial charge in [-0.15, -0.1) is 11.8 Å². The fraction of sp³-hybridized carbons (Fsp3) is 0.235. The van der Waals surface area contributed by atoms with Gasteiger partial charge in [0.1, 0.15) is 0 Å². The Kier molecular flexibility index (Phi) is 6.16. The SMILES string of the molecule is CN(C)C(=O)Nc1ccc(SCCc2cccc(Cl)c2)cc1. The van der Waals surface area contributed by atoms with Crippen LogP contribution in [0.5, 0.6) is 0 Å². The second kappa shape index (κ2) is 8.11. The van der Waals surface area contributed by atoms with Crippen molar-refractivity contribution in [2.45, 2.75) is 11.3 Å². The number of benzene rings is 2. The largest absolute Gasteiger partial charge is 0.331 e. The Labute approximate surface area is 140 Å². The summed E-state index contributed by atoms with van der Waals surface area (Å²) in [6.07, 6.45) is 0.977. The van der Waals surface area contributed by atoms with Gasteiger partial charge in [0.25, 0.3) is 0 Å². The van der Waals surface area contributed by atoms with Crippen molar-refractivity contribution in [3.63, 3.8) is 0 Å². The van der Waals surface area contributed by atoms with Crippen LogP contribution in [0, 0.1) is 0 Å². The molecule has 1 N–H and O–H groups in total. The third kappa shape index (κ3) is 5.28. The Morgan fingerprint density at radius 2 is 1.91 bits per heavy atom. The first-order chi connectivity index (χ1) is 10.5. The highest BCUT2D eigenvalue weighted by Gasteiger charge is 2.03. The Hall–Kier alpha value is -1.65. The molecule has 0 aliphatic rings. The van der Waals surface area contributed by atoms with Crippen LogP contribution in [0.2, 0.25) is 5.02 Å². The minimum atomic E-state index is -0.124. The summed E-state index contributed by atoms with van der Waals surface area (Å²) in [6.45, 7) is 0. The first-order valence-electron chi connectivity index (χ1n) is 7.00. The smallest absolute Gasteiger partial charge is 0.321 e. The molecule has 0 aliphatic heterocycles. The summed E-state index contributed by atoms with van der Waals surface area (Å²) >= 11 is 7.77. The van der Waals surface area contributed by atoms with Crippen molar-refractivity contribution >= 4 is 35.1 Å². The van der Waals surface area contributed by atoms with Gasteiger partial charge in [0.05, 0.1) is 0 Å². The molecule has 0 heterocycles. The number of nitrogens with zero attached hydrogens (tertiary/aromatic N) is 1. The highest BCUT2D eigenvalue weighted by molar-refractivity contribution is 7.99. The molecule has 2 aromatic carbocycles. The summed E-state index contributed by atoms with van der Waals surface area (Å²) in [7, 11) is 3.44. The molecule has 116 valence electrons. The van der Waals surface area contributed by atoms with E-state index in [1.54, 1.807) is 25.9 Å². The maximum Gasteiger partial charge on any atom is 0.321 e. The molecule has 0 aliphatic carbocycles. The molecule has 3 nitrogen and oxygen atoms in total. The number of nitrogens with one attached hydrogen (secondary N) is 1. The van der Waals surface area contributed by atoms with E-state index in [-0.39, 0.29) is 6.03 Å². The molecule has 0 saturated heterocycles. The van der Waals surface area contributed by atoms with Crippen molar-refractivity contribution in [2.75, 3.05) is 25.2 Å². The minimum Gasteiger partial charge on any atom is -0.331 e. The standard InChI is InChI=1S/C17H19ClN2OS/c1-20(2)17(21)19-15-6-8-16(9-7-15)22-11-10-13-4-3-5-14(18)12-13/h3-9,12H,10-11H2,1-2H3,(H,19,21). The van der Waals surface area contributed by atoms with Gasteiger partial charge in [0.2, 0.25) is 0 Å². The van der Waals surface area contributed by atoms with E-state index in [1.165, 1.54) is 15.4 Å². The highest BCUT2D eigenvalue weighted by atomic mass is 35.5. The number of thioether (sulfide) groups is 1. The average Bonchev–Trinajstić information content (AvgIpc) is 2.49. The Balaban J connectivity index is 1.82. The molecule has 0 bridgehead atoms. The number of aryl methyl sites for hydroxylation is 1. The van der Waals surface area contributed by atoms with Crippen LogP contribution < -0.4 is 5.32 Å². The third-order valence-corrected chi connectivity index (χ3v) is 4.31. The lowest BCUT2D eigenvalue weighted by molar-refractivity contribution is 0.230. The van der Waals surface area contributed by atoms with Gasteiger partial charge >= 0.3 is 6.03 Å². The second-order valence-electron chi connectivity index (χ2n) is 5.08. The summed E-state index contributed by atoms with van der Waals surface area (Å²) in [5.41, 5.74) is 2.05. The fourth-order valence-electron chi connectivity index (χ4n) is 1.85. The van der Waals surface area contributed by atoms with Crippen molar-refractivity contribution in [1.29, 1.82) is 0 Å². The van der Waals surface area contributed by atoms with Crippen LogP contribution in [-0.4, -0.2) is 30.8 Å². The van der Waals surface area contributed by atoms with Gasteiger partial charge < -0.3 is 10.2 Å². The van der Waals surface area contributed by atoms with Crippen molar-refractivity contribution in [3.8, 4) is 0 Å². The summed E-state index contributed by atoms with van der Waals surface area (Å²) in [4.78, 5) is 14.2. The number of carbonyl (C=O) groups excluding carboxylic acids is 1. The number of carbonyl (C=O) groups is 1. The zero-order valence-electron chi connectivity index (χ0n) is 12.7. The monoisotopic (exact) mass is 334 g/mol. The van der Waals surface area contributed by atoms with Gasteiger partial charge in [-0.2, -0.15) is 0 Å². The van der Waals surface area contributed by atoms with E-state index in [4.69, 9.17) is 11.6 Å². The highest BCUT2D eigenvalue weighted by Crippen LogP contribution is 2.22. The molecule has 2 rings (SSSR count). The van der Waals surface area contributed by atoms with Gasteiger partial charge in [-0.1, -0.05) is 23.7 Å². The zero-order valence-corrected chi connectivity index (χ0v) is 14.2. The molecule has 0 fully saturated rings. The average molecular weight is 335 g/mol. The van der Waals surface area contributed by atoms with Gasteiger partial charge in [0, 0.05) is 35.5 Å². The van der Waals surface area contributed by atoms with Gasteiger partial charge in [0.15, 0.2) is 0 Å². The molecule has 2 aromatic rings. The summed E-state index contributed by atoms with van der Waals surface area (Å²) in [5, 5.41) is 3.60. The Bertz CT molecular complexity index is 629. The molecule has 0 unspecified atom stereocenters. The number of halogens is 1. The molecule has 5 heteroatoms. The van der Waals surface area contributed by atoms with Crippen LogP contribution in [0.3, 0.4) is 0 Å². The first-order valence-corrected chi connectivity index (χ1v) is 8.36. The van der Waals surface area contributed by atoms with Gasteiger partial charge in [-0.25, -0.2) is 4.79 Å². The number of amides is 2. The van der Waals surface area contributed by atoms with Crippen molar-refractivity contribution in [1.82, 2.24) is 4.90 Å². The number of urea groups is 1. The van der Waals surface area contributed by atoms with E-state index >= 15 is 0 Å². The first kappa shape index (κ1) is 16.7. The third-order valence-electron chi connectivity index (χ3n) is 3.06. The van der Waals surface area contributed by atoms with Crippen LogP contribution >= 0.6 is 23.4 Å². The second-order valence-corrected chi connectivity index (χ2v) is 6.68. The molecule has 0 atom stereocenters. The lowest BCUT2D eigenvalue weighted by atomic mass is 10.2. The predicted octanol–water partition coefficient (Wildman–Crippen LogP) is 4.77. The van der Waals surface area contributed by atoms with Crippen LogP contribution in [0.1, 0.15) is 5.56 Å². The van der Waals surface area contributed by atoms with Crippen LogP contribution in [0.15, 0.2) is 53.4 Å². The van der Waals surface area contributed by atoms with E-state index in [2.05, 4.69) is 11.4 Å². The molecular weight excluding hydrogens is 316 g/mol. The maximum absolute atomic E-state index is 11.6. The van der Waals surface area contributed by atoms with Crippen LogP contribution in [-0.2, 0) is 6.42 Å². The summed E-state index contributed by atoms with van der Waals surface area (Å²) < 4.78 is 0. The van der Waals surface area contributed by atoms with E-state index in [0.717, 1.165) is 22.9 Å². The predicted molar refractivity (Wildman–Crippen MR) is 95.0 cm³/mol. The molecule has 22 heavy (non-hydrogen) atoms.